The summed E-state index contributed by atoms with van der Waals surface area (Å²) in [4.78, 5) is 12.3. The fourth-order valence-corrected chi connectivity index (χ4v) is 3.40. The van der Waals surface area contributed by atoms with Crippen LogP contribution in [0.15, 0.2) is 60.3 Å². The quantitative estimate of drug-likeness (QED) is 0.468. The van der Waals surface area contributed by atoms with E-state index in [9.17, 15) is 9.18 Å². The van der Waals surface area contributed by atoms with E-state index in [2.05, 4.69) is 22.1 Å². The fraction of sp³-hybridized carbons (Fsp3) is 0.190. The molecule has 1 N–H and O–H groups in total. The standard InChI is InChI=1S/C21H21FN4OS/c1-4-11-26-20(16-8-5-14(2)6-9-16)24-25-21(26)28-13-19(27)23-18-12-17(22)10-7-15(18)3/h4-10,12H,1,11,13H2,2-3H3,(H,23,27). The lowest BCUT2D eigenvalue weighted by atomic mass is 10.1. The van der Waals surface area contributed by atoms with E-state index in [-0.39, 0.29) is 17.5 Å². The molecule has 0 aliphatic heterocycles. The van der Waals surface area contributed by atoms with Gasteiger partial charge in [0.1, 0.15) is 5.82 Å². The molecule has 0 saturated heterocycles. The van der Waals surface area contributed by atoms with E-state index in [1.807, 2.05) is 42.7 Å². The Morgan fingerprint density at radius 3 is 2.68 bits per heavy atom. The molecule has 0 fully saturated rings. The van der Waals surface area contributed by atoms with Crippen LogP contribution in [-0.2, 0) is 11.3 Å². The van der Waals surface area contributed by atoms with Crippen molar-refractivity contribution in [3.63, 3.8) is 0 Å². The molecule has 144 valence electrons. The maximum Gasteiger partial charge on any atom is 0.234 e. The highest BCUT2D eigenvalue weighted by Gasteiger charge is 2.15. The van der Waals surface area contributed by atoms with E-state index in [1.54, 1.807) is 12.1 Å². The molecule has 1 aromatic heterocycles. The second-order valence-corrected chi connectivity index (χ2v) is 7.31. The summed E-state index contributed by atoms with van der Waals surface area (Å²) in [6.07, 6.45) is 1.77. The number of amides is 1. The van der Waals surface area contributed by atoms with E-state index in [0.29, 0.717) is 17.4 Å². The summed E-state index contributed by atoms with van der Waals surface area (Å²) in [6, 6.07) is 12.3. The van der Waals surface area contributed by atoms with Crippen molar-refractivity contribution < 1.29 is 9.18 Å². The minimum atomic E-state index is -0.387. The van der Waals surface area contributed by atoms with Crippen LogP contribution in [-0.4, -0.2) is 26.4 Å². The number of nitrogens with one attached hydrogen (secondary N) is 1. The lowest BCUT2D eigenvalue weighted by Crippen LogP contribution is -2.15. The SMILES string of the molecule is C=CCn1c(SCC(=O)Nc2cc(F)ccc2C)nnc1-c1ccc(C)cc1. The van der Waals surface area contributed by atoms with Gasteiger partial charge < -0.3 is 5.32 Å². The average molecular weight is 396 g/mol. The first-order valence-corrected chi connectivity index (χ1v) is 9.76. The number of carbonyl (C=O) groups is 1. The second-order valence-electron chi connectivity index (χ2n) is 6.37. The van der Waals surface area contributed by atoms with E-state index in [4.69, 9.17) is 0 Å². The molecule has 0 aliphatic rings. The smallest absolute Gasteiger partial charge is 0.234 e. The zero-order valence-corrected chi connectivity index (χ0v) is 16.6. The summed E-state index contributed by atoms with van der Waals surface area (Å²) in [5.74, 6) is 0.244. The number of nitrogens with zero attached hydrogens (tertiary/aromatic N) is 3. The number of halogens is 1. The Bertz CT molecular complexity index is 998. The van der Waals surface area contributed by atoms with Crippen molar-refractivity contribution in [1.82, 2.24) is 14.8 Å². The molecule has 0 atom stereocenters. The molecule has 7 heteroatoms. The molecule has 0 unspecified atom stereocenters. The molecule has 0 radical (unpaired) electrons. The van der Waals surface area contributed by atoms with Gasteiger partial charge in [-0.2, -0.15) is 0 Å². The van der Waals surface area contributed by atoms with Crippen LogP contribution in [0.5, 0.6) is 0 Å². The molecule has 0 saturated carbocycles. The van der Waals surface area contributed by atoms with Crippen LogP contribution >= 0.6 is 11.8 Å². The van der Waals surface area contributed by atoms with Crippen molar-refractivity contribution in [3.05, 3.63) is 72.1 Å². The Kier molecular flexibility index (Phi) is 6.26. The zero-order valence-electron chi connectivity index (χ0n) is 15.8. The van der Waals surface area contributed by atoms with Crippen molar-refractivity contribution in [3.8, 4) is 11.4 Å². The second kappa shape index (κ2) is 8.84. The van der Waals surface area contributed by atoms with Crippen LogP contribution in [0.25, 0.3) is 11.4 Å². The molecule has 5 nitrogen and oxygen atoms in total. The van der Waals surface area contributed by atoms with Gasteiger partial charge in [0.2, 0.25) is 5.91 Å². The summed E-state index contributed by atoms with van der Waals surface area (Å²) in [5, 5.41) is 11.9. The first-order chi connectivity index (χ1) is 13.5. The number of benzene rings is 2. The molecule has 0 aliphatic carbocycles. The highest BCUT2D eigenvalue weighted by molar-refractivity contribution is 7.99. The fourth-order valence-electron chi connectivity index (χ4n) is 2.65. The summed E-state index contributed by atoms with van der Waals surface area (Å²) < 4.78 is 15.3. The Morgan fingerprint density at radius 1 is 1.21 bits per heavy atom. The van der Waals surface area contributed by atoms with Crippen molar-refractivity contribution in [1.29, 1.82) is 0 Å². The van der Waals surface area contributed by atoms with Crippen molar-refractivity contribution in [2.75, 3.05) is 11.1 Å². The van der Waals surface area contributed by atoms with Crippen LogP contribution in [0.4, 0.5) is 10.1 Å². The van der Waals surface area contributed by atoms with Crippen molar-refractivity contribution in [2.24, 2.45) is 0 Å². The van der Waals surface area contributed by atoms with Gasteiger partial charge in [-0.05, 0) is 31.5 Å². The lowest BCUT2D eigenvalue weighted by Gasteiger charge is -2.09. The molecule has 0 spiro atoms. The Labute approximate surface area is 167 Å². The lowest BCUT2D eigenvalue weighted by molar-refractivity contribution is -0.113. The van der Waals surface area contributed by atoms with Crippen molar-refractivity contribution in [2.45, 2.75) is 25.5 Å². The average Bonchev–Trinajstić information content (AvgIpc) is 3.07. The van der Waals surface area contributed by atoms with Crippen LogP contribution in [0.2, 0.25) is 0 Å². The molecular weight excluding hydrogens is 375 g/mol. The molecule has 0 bridgehead atoms. The van der Waals surface area contributed by atoms with Gasteiger partial charge in [0.15, 0.2) is 11.0 Å². The molecule has 28 heavy (non-hydrogen) atoms. The van der Waals surface area contributed by atoms with Gasteiger partial charge in [-0.15, -0.1) is 16.8 Å². The van der Waals surface area contributed by atoms with Crippen LogP contribution in [0, 0.1) is 19.7 Å². The van der Waals surface area contributed by atoms with E-state index < -0.39 is 0 Å². The van der Waals surface area contributed by atoms with Gasteiger partial charge in [0.05, 0.1) is 5.75 Å². The Hall–Kier alpha value is -2.93. The first kappa shape index (κ1) is 19.8. The van der Waals surface area contributed by atoms with Crippen LogP contribution < -0.4 is 5.32 Å². The third-order valence-corrected chi connectivity index (χ3v) is 5.11. The van der Waals surface area contributed by atoms with Gasteiger partial charge in [-0.25, -0.2) is 4.39 Å². The third-order valence-electron chi connectivity index (χ3n) is 4.14. The predicted molar refractivity (Wildman–Crippen MR) is 111 cm³/mol. The number of thioether (sulfide) groups is 1. The van der Waals surface area contributed by atoms with Gasteiger partial charge in [0.25, 0.3) is 0 Å². The van der Waals surface area contributed by atoms with Crippen LogP contribution in [0.3, 0.4) is 0 Å². The van der Waals surface area contributed by atoms with Gasteiger partial charge in [-0.1, -0.05) is 53.7 Å². The normalized spacial score (nSPS) is 10.7. The number of allylic oxidation sites excluding steroid dienone is 1. The summed E-state index contributed by atoms with van der Waals surface area (Å²) >= 11 is 1.28. The van der Waals surface area contributed by atoms with Gasteiger partial charge >= 0.3 is 0 Å². The minimum absolute atomic E-state index is 0.138. The summed E-state index contributed by atoms with van der Waals surface area (Å²) in [7, 11) is 0. The minimum Gasteiger partial charge on any atom is -0.325 e. The zero-order chi connectivity index (χ0) is 20.1. The molecule has 2 aromatic carbocycles. The molecule has 1 amide bonds. The number of aromatic nitrogens is 3. The highest BCUT2D eigenvalue weighted by atomic mass is 32.2. The number of aryl methyl sites for hydroxylation is 2. The first-order valence-electron chi connectivity index (χ1n) is 8.78. The third kappa shape index (κ3) is 4.67. The number of rotatable bonds is 7. The Morgan fingerprint density at radius 2 is 1.96 bits per heavy atom. The number of anilines is 1. The molecular formula is C21H21FN4OS. The van der Waals surface area contributed by atoms with E-state index in [1.165, 1.54) is 23.9 Å². The molecule has 3 aromatic rings. The van der Waals surface area contributed by atoms with E-state index in [0.717, 1.165) is 22.5 Å². The summed E-state index contributed by atoms with van der Waals surface area (Å²) in [6.45, 7) is 8.17. The molecule has 3 rings (SSSR count). The number of hydrogen-bond acceptors (Lipinski definition) is 4. The van der Waals surface area contributed by atoms with E-state index >= 15 is 0 Å². The van der Waals surface area contributed by atoms with Crippen molar-refractivity contribution >= 4 is 23.4 Å². The maximum atomic E-state index is 13.4. The van der Waals surface area contributed by atoms with Crippen LogP contribution in [0.1, 0.15) is 11.1 Å². The number of hydrogen-bond donors (Lipinski definition) is 1. The highest BCUT2D eigenvalue weighted by Crippen LogP contribution is 2.25. The largest absolute Gasteiger partial charge is 0.325 e. The molecule has 1 heterocycles. The van der Waals surface area contributed by atoms with Gasteiger partial charge in [-0.3, -0.25) is 9.36 Å². The topological polar surface area (TPSA) is 59.8 Å². The monoisotopic (exact) mass is 396 g/mol. The number of carbonyl (C=O) groups excluding carboxylic acids is 1. The maximum absolute atomic E-state index is 13.4. The van der Waals surface area contributed by atoms with Gasteiger partial charge in [0, 0.05) is 17.8 Å². The summed E-state index contributed by atoms with van der Waals surface area (Å²) in [5.41, 5.74) is 3.39. The predicted octanol–water partition coefficient (Wildman–Crippen LogP) is 4.62. The Balaban J connectivity index is 1.73.